The zero-order valence-electron chi connectivity index (χ0n) is 6.13. The zero-order chi connectivity index (χ0) is 11.1. The molecule has 9 heteroatoms. The summed E-state index contributed by atoms with van der Waals surface area (Å²) >= 11 is 12.1. The van der Waals surface area contributed by atoms with Crippen molar-refractivity contribution in [2.24, 2.45) is 0 Å². The molecule has 1 N–H and O–H groups in total. The van der Waals surface area contributed by atoms with Crippen LogP contribution in [0, 0.1) is 0 Å². The van der Waals surface area contributed by atoms with Gasteiger partial charge in [-0.15, -0.1) is 0 Å². The highest BCUT2D eigenvalue weighted by Crippen LogP contribution is 2.37. The van der Waals surface area contributed by atoms with Crippen molar-refractivity contribution < 1.29 is 13.0 Å². The molecular weight excluding hydrogens is 474 g/mol. The molecule has 0 radical (unpaired) electrons. The van der Waals surface area contributed by atoms with Gasteiger partial charge >= 0.3 is 0 Å². The number of hydrogen-bond acceptors (Lipinski definition) is 3. The van der Waals surface area contributed by atoms with Crippen LogP contribution >= 0.6 is 63.7 Å². The van der Waals surface area contributed by atoms with Crippen molar-refractivity contribution in [3.05, 3.63) is 18.2 Å². The molecule has 0 spiro atoms. The molecule has 0 saturated heterocycles. The van der Waals surface area contributed by atoms with Gasteiger partial charge in [0, 0.05) is 0 Å². The smallest absolute Gasteiger partial charge is 0.282 e. The second-order valence-corrected chi connectivity index (χ2v) is 6.57. The Kier molecular flexibility index (Phi) is 4.16. The van der Waals surface area contributed by atoms with E-state index in [1.165, 1.54) is 0 Å². The maximum absolute atomic E-state index is 11.0. The summed E-state index contributed by atoms with van der Waals surface area (Å²) in [5.41, 5.74) is 0. The van der Waals surface area contributed by atoms with Gasteiger partial charge < -0.3 is 0 Å². The molecule has 0 aromatic carbocycles. The summed E-state index contributed by atoms with van der Waals surface area (Å²) in [6, 6.07) is 0. The largest absolute Gasteiger partial charge is 0.296 e. The molecule has 0 amide bonds. The number of pyridine rings is 1. The van der Waals surface area contributed by atoms with E-state index in [0.29, 0.717) is 0 Å². The molecule has 0 bridgehead atoms. The van der Waals surface area contributed by atoms with Crippen LogP contribution in [0.5, 0.6) is 0 Å². The van der Waals surface area contributed by atoms with Crippen molar-refractivity contribution in [1.82, 2.24) is 4.98 Å². The van der Waals surface area contributed by atoms with Gasteiger partial charge in [0.25, 0.3) is 10.1 Å². The Hall–Kier alpha value is 0.980. The van der Waals surface area contributed by atoms with Crippen molar-refractivity contribution in [1.29, 1.82) is 0 Å². The van der Waals surface area contributed by atoms with Crippen LogP contribution in [-0.4, -0.2) is 18.0 Å². The van der Waals surface area contributed by atoms with Crippen LogP contribution in [0.15, 0.2) is 23.0 Å². The van der Waals surface area contributed by atoms with Crippen LogP contribution in [0.25, 0.3) is 0 Å². The van der Waals surface area contributed by atoms with Crippen LogP contribution in [-0.2, 0) is 10.1 Å². The van der Waals surface area contributed by atoms with Crippen molar-refractivity contribution in [2.45, 2.75) is 4.90 Å². The molecule has 0 fully saturated rings. The van der Waals surface area contributed by atoms with E-state index < -0.39 is 10.1 Å². The number of halogens is 4. The number of hydrogen-bond donors (Lipinski definition) is 1. The van der Waals surface area contributed by atoms with Crippen molar-refractivity contribution in [3.63, 3.8) is 0 Å². The van der Waals surface area contributed by atoms with Crippen LogP contribution in [0.3, 0.4) is 0 Å². The highest BCUT2D eigenvalue weighted by atomic mass is 79.9. The molecule has 14 heavy (non-hydrogen) atoms. The van der Waals surface area contributed by atoms with E-state index in [0.717, 1.165) is 0 Å². The van der Waals surface area contributed by atoms with Gasteiger partial charge in [-0.3, -0.25) is 4.55 Å². The van der Waals surface area contributed by atoms with Gasteiger partial charge in [-0.05, 0) is 63.7 Å². The van der Waals surface area contributed by atoms with Crippen LogP contribution in [0.1, 0.15) is 0 Å². The van der Waals surface area contributed by atoms with Gasteiger partial charge in [0.2, 0.25) is 0 Å². The Morgan fingerprint density at radius 2 is 1.36 bits per heavy atom. The third-order valence-electron chi connectivity index (χ3n) is 1.22. The first-order valence-corrected chi connectivity index (χ1v) is 7.54. The van der Waals surface area contributed by atoms with Crippen LogP contribution in [0.2, 0.25) is 0 Å². The van der Waals surface area contributed by atoms with Crippen molar-refractivity contribution in [3.8, 4) is 0 Å². The second-order valence-electron chi connectivity index (χ2n) is 2.13. The maximum atomic E-state index is 11.0. The molecule has 1 aromatic rings. The van der Waals surface area contributed by atoms with E-state index in [9.17, 15) is 8.42 Å². The number of aromatic nitrogens is 1. The van der Waals surface area contributed by atoms with E-state index >= 15 is 0 Å². The summed E-state index contributed by atoms with van der Waals surface area (Å²) in [6.45, 7) is 0. The third-order valence-corrected chi connectivity index (χ3v) is 6.42. The first kappa shape index (κ1) is 13.0. The molecule has 0 unspecified atom stereocenters. The fourth-order valence-electron chi connectivity index (χ4n) is 0.695. The molecule has 1 rings (SSSR count). The SMILES string of the molecule is O=S(=O)(O)c1c(Br)c(Br)nc(Br)c1Br. The summed E-state index contributed by atoms with van der Waals surface area (Å²) in [4.78, 5) is 3.64. The summed E-state index contributed by atoms with van der Waals surface area (Å²) in [7, 11) is -4.30. The fraction of sp³-hybridized carbons (Fsp3) is 0. The van der Waals surface area contributed by atoms with Crippen molar-refractivity contribution in [2.75, 3.05) is 0 Å². The van der Waals surface area contributed by atoms with Gasteiger partial charge in [0.15, 0.2) is 0 Å². The van der Waals surface area contributed by atoms with Gasteiger partial charge in [0.05, 0.1) is 8.95 Å². The average Bonchev–Trinajstić information content (AvgIpc) is 1.98. The lowest BCUT2D eigenvalue weighted by molar-refractivity contribution is 0.481. The summed E-state index contributed by atoms with van der Waals surface area (Å²) in [6.07, 6.45) is 0. The highest BCUT2D eigenvalue weighted by Gasteiger charge is 2.23. The average molecular weight is 475 g/mol. The zero-order valence-corrected chi connectivity index (χ0v) is 13.3. The van der Waals surface area contributed by atoms with Gasteiger partial charge in [-0.2, -0.15) is 8.42 Å². The third kappa shape index (κ3) is 2.56. The first-order chi connectivity index (χ1) is 6.25. The molecular formula is C5HBr4NO3S. The summed E-state index contributed by atoms with van der Waals surface area (Å²) in [5.74, 6) is 0. The van der Waals surface area contributed by atoms with Gasteiger partial charge in [-0.25, -0.2) is 4.98 Å². The molecule has 0 aliphatic rings. The number of nitrogens with zero attached hydrogens (tertiary/aromatic N) is 1. The fourth-order valence-corrected chi connectivity index (χ4v) is 4.66. The van der Waals surface area contributed by atoms with Crippen LogP contribution in [0.4, 0.5) is 0 Å². The highest BCUT2D eigenvalue weighted by molar-refractivity contribution is 9.13. The maximum Gasteiger partial charge on any atom is 0.296 e. The Balaban J connectivity index is 3.74. The molecule has 4 nitrogen and oxygen atoms in total. The van der Waals surface area contributed by atoms with E-state index in [-0.39, 0.29) is 23.0 Å². The van der Waals surface area contributed by atoms with Gasteiger partial charge in [0.1, 0.15) is 14.1 Å². The standard InChI is InChI=1S/C5HBr4NO3S/c6-1-3(14(11,12)13)2(7)5(9)10-4(1)8/h(H,11,12,13). The van der Waals surface area contributed by atoms with Gasteiger partial charge in [-0.1, -0.05) is 0 Å². The minimum Gasteiger partial charge on any atom is -0.282 e. The normalized spacial score (nSPS) is 11.8. The van der Waals surface area contributed by atoms with E-state index in [1.54, 1.807) is 0 Å². The molecule has 1 heterocycles. The Morgan fingerprint density at radius 1 is 1.00 bits per heavy atom. The van der Waals surface area contributed by atoms with Crippen molar-refractivity contribution >= 4 is 73.8 Å². The summed E-state index contributed by atoms with van der Waals surface area (Å²) < 4.78 is 31.8. The predicted octanol–water partition coefficient (Wildman–Crippen LogP) is 3.38. The molecule has 0 saturated carbocycles. The lowest BCUT2D eigenvalue weighted by atomic mass is 10.5. The Morgan fingerprint density at radius 3 is 1.64 bits per heavy atom. The topological polar surface area (TPSA) is 67.3 Å². The molecule has 1 aromatic heterocycles. The predicted molar refractivity (Wildman–Crippen MR) is 64.9 cm³/mol. The number of rotatable bonds is 1. The second kappa shape index (κ2) is 4.46. The minimum atomic E-state index is -4.30. The van der Waals surface area contributed by atoms with E-state index in [1.807, 2.05) is 0 Å². The monoisotopic (exact) mass is 471 g/mol. The van der Waals surface area contributed by atoms with Crippen LogP contribution < -0.4 is 0 Å². The molecule has 0 aliphatic heterocycles. The van der Waals surface area contributed by atoms with E-state index in [4.69, 9.17) is 4.55 Å². The lowest BCUT2D eigenvalue weighted by Gasteiger charge is -2.06. The minimum absolute atomic E-state index is 0.162. The first-order valence-electron chi connectivity index (χ1n) is 2.92. The van der Waals surface area contributed by atoms with E-state index in [2.05, 4.69) is 68.7 Å². The quantitative estimate of drug-likeness (QED) is 0.501. The Bertz CT molecular complexity index is 460. The summed E-state index contributed by atoms with van der Waals surface area (Å²) in [5, 5.41) is 0. The lowest BCUT2D eigenvalue weighted by Crippen LogP contribution is -2.03. The Labute approximate surface area is 114 Å². The molecule has 0 atom stereocenters. The molecule has 0 aliphatic carbocycles. The molecule has 78 valence electrons.